The number of hydrogen-bond acceptors (Lipinski definition) is 4. The van der Waals surface area contributed by atoms with Crippen LogP contribution >= 0.6 is 0 Å². The SMILES string of the molecule is Cc1cccc(Oc2ncccc2NC(=O)C2CCNCC2)c1C. The van der Waals surface area contributed by atoms with Crippen molar-refractivity contribution in [2.24, 2.45) is 5.92 Å². The van der Waals surface area contributed by atoms with Gasteiger partial charge in [0.2, 0.25) is 11.8 Å². The van der Waals surface area contributed by atoms with E-state index in [1.54, 1.807) is 12.3 Å². The maximum atomic E-state index is 12.5. The van der Waals surface area contributed by atoms with Crippen molar-refractivity contribution in [2.45, 2.75) is 26.7 Å². The quantitative estimate of drug-likeness (QED) is 0.904. The molecule has 0 aliphatic carbocycles. The molecule has 5 nitrogen and oxygen atoms in total. The fraction of sp³-hybridized carbons (Fsp3) is 0.368. The molecule has 0 unspecified atom stereocenters. The first-order chi connectivity index (χ1) is 11.6. The Morgan fingerprint density at radius 3 is 2.79 bits per heavy atom. The molecule has 2 N–H and O–H groups in total. The van der Waals surface area contributed by atoms with E-state index in [1.807, 2.05) is 38.1 Å². The number of piperidine rings is 1. The normalized spacial score (nSPS) is 15.1. The van der Waals surface area contributed by atoms with Crippen LogP contribution in [-0.2, 0) is 4.79 Å². The van der Waals surface area contributed by atoms with E-state index in [0.29, 0.717) is 11.6 Å². The second kappa shape index (κ2) is 7.45. The maximum absolute atomic E-state index is 12.5. The standard InChI is InChI=1S/C19H23N3O2/c1-13-5-3-7-17(14(13)2)24-19-16(6-4-10-21-19)22-18(23)15-8-11-20-12-9-15/h3-7,10,15,20H,8-9,11-12H2,1-2H3,(H,22,23). The van der Waals surface area contributed by atoms with Gasteiger partial charge in [-0.15, -0.1) is 0 Å². The Kier molecular flexibility index (Phi) is 5.11. The number of benzene rings is 1. The van der Waals surface area contributed by atoms with Crippen LogP contribution in [0.2, 0.25) is 0 Å². The third-order valence-corrected chi connectivity index (χ3v) is 4.50. The third kappa shape index (κ3) is 3.74. The number of carbonyl (C=O) groups excluding carboxylic acids is 1. The topological polar surface area (TPSA) is 63.2 Å². The summed E-state index contributed by atoms with van der Waals surface area (Å²) in [6.45, 7) is 5.83. The summed E-state index contributed by atoms with van der Waals surface area (Å²) < 4.78 is 5.97. The molecule has 24 heavy (non-hydrogen) atoms. The number of carbonyl (C=O) groups is 1. The lowest BCUT2D eigenvalue weighted by molar-refractivity contribution is -0.120. The van der Waals surface area contributed by atoms with Crippen molar-refractivity contribution in [3.8, 4) is 11.6 Å². The van der Waals surface area contributed by atoms with Gasteiger partial charge in [0.15, 0.2) is 0 Å². The molecular weight excluding hydrogens is 302 g/mol. The Labute approximate surface area is 142 Å². The maximum Gasteiger partial charge on any atom is 0.243 e. The second-order valence-electron chi connectivity index (χ2n) is 6.17. The smallest absolute Gasteiger partial charge is 0.243 e. The zero-order chi connectivity index (χ0) is 16.9. The lowest BCUT2D eigenvalue weighted by Gasteiger charge is -2.22. The van der Waals surface area contributed by atoms with Crippen molar-refractivity contribution in [3.63, 3.8) is 0 Å². The van der Waals surface area contributed by atoms with E-state index < -0.39 is 0 Å². The van der Waals surface area contributed by atoms with Crippen molar-refractivity contribution in [1.29, 1.82) is 0 Å². The predicted molar refractivity (Wildman–Crippen MR) is 94.5 cm³/mol. The van der Waals surface area contributed by atoms with Crippen LogP contribution in [0, 0.1) is 19.8 Å². The Balaban J connectivity index is 1.77. The summed E-state index contributed by atoms with van der Waals surface area (Å²) in [6, 6.07) is 9.53. The van der Waals surface area contributed by atoms with Crippen LogP contribution in [0.25, 0.3) is 0 Å². The molecule has 5 heteroatoms. The summed E-state index contributed by atoms with van der Waals surface area (Å²) in [5.74, 6) is 1.26. The van der Waals surface area contributed by atoms with E-state index >= 15 is 0 Å². The fourth-order valence-corrected chi connectivity index (χ4v) is 2.83. The highest BCUT2D eigenvalue weighted by molar-refractivity contribution is 5.93. The second-order valence-corrected chi connectivity index (χ2v) is 6.17. The van der Waals surface area contributed by atoms with Crippen molar-refractivity contribution in [3.05, 3.63) is 47.7 Å². The summed E-state index contributed by atoms with van der Waals surface area (Å²) in [6.07, 6.45) is 3.39. The summed E-state index contributed by atoms with van der Waals surface area (Å²) in [5.41, 5.74) is 2.84. The number of aromatic nitrogens is 1. The molecule has 0 saturated carbocycles. The number of hydrogen-bond donors (Lipinski definition) is 2. The molecule has 1 fully saturated rings. The van der Waals surface area contributed by atoms with Crippen molar-refractivity contribution < 1.29 is 9.53 Å². The largest absolute Gasteiger partial charge is 0.437 e. The third-order valence-electron chi connectivity index (χ3n) is 4.50. The zero-order valence-electron chi connectivity index (χ0n) is 14.1. The van der Waals surface area contributed by atoms with Gasteiger partial charge in [-0.3, -0.25) is 4.79 Å². The number of rotatable bonds is 4. The van der Waals surface area contributed by atoms with Gasteiger partial charge >= 0.3 is 0 Å². The number of pyridine rings is 1. The Morgan fingerprint density at radius 1 is 1.21 bits per heavy atom. The monoisotopic (exact) mass is 325 g/mol. The molecule has 1 saturated heterocycles. The molecule has 1 aromatic carbocycles. The lowest BCUT2D eigenvalue weighted by Crippen LogP contribution is -2.34. The molecule has 1 aliphatic rings. The number of ether oxygens (including phenoxy) is 1. The molecule has 2 heterocycles. The molecule has 3 rings (SSSR count). The minimum atomic E-state index is 0.0373. The number of nitrogens with one attached hydrogen (secondary N) is 2. The van der Waals surface area contributed by atoms with Crippen LogP contribution in [0.1, 0.15) is 24.0 Å². The van der Waals surface area contributed by atoms with Crippen LogP contribution in [0.15, 0.2) is 36.5 Å². The molecule has 0 spiro atoms. The molecule has 1 aliphatic heterocycles. The van der Waals surface area contributed by atoms with Gasteiger partial charge < -0.3 is 15.4 Å². The van der Waals surface area contributed by atoms with Gasteiger partial charge in [0.25, 0.3) is 0 Å². The van der Waals surface area contributed by atoms with Gasteiger partial charge in [0.05, 0.1) is 0 Å². The first kappa shape index (κ1) is 16.5. The lowest BCUT2D eigenvalue weighted by atomic mass is 9.97. The summed E-state index contributed by atoms with van der Waals surface area (Å²) in [7, 11) is 0. The van der Waals surface area contributed by atoms with Gasteiger partial charge in [0.1, 0.15) is 11.4 Å². The molecule has 126 valence electrons. The van der Waals surface area contributed by atoms with Gasteiger partial charge in [-0.25, -0.2) is 4.98 Å². The highest BCUT2D eigenvalue weighted by Crippen LogP contribution is 2.30. The highest BCUT2D eigenvalue weighted by atomic mass is 16.5. The molecule has 0 radical (unpaired) electrons. The average Bonchev–Trinajstić information content (AvgIpc) is 2.61. The van der Waals surface area contributed by atoms with E-state index in [4.69, 9.17) is 4.74 Å². The van der Waals surface area contributed by atoms with Crippen LogP contribution in [-0.4, -0.2) is 24.0 Å². The molecular formula is C19H23N3O2. The summed E-state index contributed by atoms with van der Waals surface area (Å²) in [5, 5.41) is 6.25. The van der Waals surface area contributed by atoms with Crippen LogP contribution < -0.4 is 15.4 Å². The van der Waals surface area contributed by atoms with E-state index in [0.717, 1.165) is 42.8 Å². The van der Waals surface area contributed by atoms with Gasteiger partial charge in [0, 0.05) is 12.1 Å². The van der Waals surface area contributed by atoms with Gasteiger partial charge in [-0.05, 0) is 69.1 Å². The Hall–Kier alpha value is -2.40. The Morgan fingerprint density at radius 2 is 2.00 bits per heavy atom. The van der Waals surface area contributed by atoms with Gasteiger partial charge in [-0.1, -0.05) is 12.1 Å². The van der Waals surface area contributed by atoms with Gasteiger partial charge in [-0.2, -0.15) is 0 Å². The van der Waals surface area contributed by atoms with Crippen LogP contribution in [0.5, 0.6) is 11.6 Å². The molecule has 0 bridgehead atoms. The molecule has 1 amide bonds. The number of nitrogens with zero attached hydrogens (tertiary/aromatic N) is 1. The number of amides is 1. The average molecular weight is 325 g/mol. The fourth-order valence-electron chi connectivity index (χ4n) is 2.83. The van der Waals surface area contributed by atoms with E-state index in [1.165, 1.54) is 0 Å². The summed E-state index contributed by atoms with van der Waals surface area (Å²) >= 11 is 0. The molecule has 1 aromatic heterocycles. The highest BCUT2D eigenvalue weighted by Gasteiger charge is 2.22. The predicted octanol–water partition coefficient (Wildman–Crippen LogP) is 3.43. The number of aryl methyl sites for hydroxylation is 1. The molecule has 0 atom stereocenters. The Bertz CT molecular complexity index is 724. The minimum absolute atomic E-state index is 0.0373. The van der Waals surface area contributed by atoms with Crippen LogP contribution in [0.4, 0.5) is 5.69 Å². The first-order valence-corrected chi connectivity index (χ1v) is 8.36. The van der Waals surface area contributed by atoms with E-state index in [-0.39, 0.29) is 11.8 Å². The van der Waals surface area contributed by atoms with Crippen molar-refractivity contribution in [2.75, 3.05) is 18.4 Å². The number of anilines is 1. The van der Waals surface area contributed by atoms with Crippen molar-refractivity contribution >= 4 is 11.6 Å². The van der Waals surface area contributed by atoms with E-state index in [9.17, 15) is 4.79 Å². The first-order valence-electron chi connectivity index (χ1n) is 8.36. The molecule has 2 aromatic rings. The minimum Gasteiger partial charge on any atom is -0.437 e. The summed E-state index contributed by atoms with van der Waals surface area (Å²) in [4.78, 5) is 16.8. The van der Waals surface area contributed by atoms with Crippen molar-refractivity contribution in [1.82, 2.24) is 10.3 Å². The van der Waals surface area contributed by atoms with Crippen LogP contribution in [0.3, 0.4) is 0 Å². The zero-order valence-corrected chi connectivity index (χ0v) is 14.1. The van der Waals surface area contributed by atoms with E-state index in [2.05, 4.69) is 15.6 Å².